The highest BCUT2D eigenvalue weighted by Gasteiger charge is 2.21. The van der Waals surface area contributed by atoms with Gasteiger partial charge < -0.3 is 9.84 Å². The third-order valence-electron chi connectivity index (χ3n) is 5.62. The molecule has 1 unspecified atom stereocenters. The van der Waals surface area contributed by atoms with Gasteiger partial charge in [-0.1, -0.05) is 61.2 Å². The van der Waals surface area contributed by atoms with Gasteiger partial charge >= 0.3 is 0 Å². The van der Waals surface area contributed by atoms with Gasteiger partial charge in [-0.25, -0.2) is 0 Å². The number of hydrogen-bond acceptors (Lipinski definition) is 6. The van der Waals surface area contributed by atoms with Crippen molar-refractivity contribution in [1.29, 1.82) is 0 Å². The molecule has 1 atom stereocenters. The molecule has 1 fully saturated rings. The zero-order valence-corrected chi connectivity index (χ0v) is 18.6. The first-order valence-corrected chi connectivity index (χ1v) is 11.2. The molecule has 1 amide bonds. The molecule has 30 heavy (non-hydrogen) atoms. The molecule has 0 spiro atoms. The third kappa shape index (κ3) is 6.92. The number of carbonyl (C=O) groups is 1. The number of hydrogen-bond donors (Lipinski definition) is 1. The number of nitrogens with one attached hydrogen (secondary N) is 1. The van der Waals surface area contributed by atoms with Crippen LogP contribution in [0.15, 0.2) is 28.8 Å². The van der Waals surface area contributed by atoms with Gasteiger partial charge in [0.15, 0.2) is 0 Å². The van der Waals surface area contributed by atoms with Gasteiger partial charge in [0.1, 0.15) is 0 Å². The summed E-state index contributed by atoms with van der Waals surface area (Å²) in [6, 6.07) is 8.38. The Morgan fingerprint density at radius 3 is 2.53 bits per heavy atom. The van der Waals surface area contributed by atoms with E-state index in [0.717, 1.165) is 38.2 Å². The number of benzene rings is 1. The molecule has 7 nitrogen and oxygen atoms in total. The van der Waals surface area contributed by atoms with Crippen molar-refractivity contribution in [3.8, 4) is 11.4 Å². The number of rotatable bonds is 10. The van der Waals surface area contributed by atoms with Crippen LogP contribution in [0.4, 0.5) is 0 Å². The normalized spacial score (nSPS) is 16.5. The summed E-state index contributed by atoms with van der Waals surface area (Å²) in [7, 11) is 0. The lowest BCUT2D eigenvalue weighted by Gasteiger charge is -2.33. The minimum absolute atomic E-state index is 0.132. The average Bonchev–Trinajstić information content (AvgIpc) is 3.18. The van der Waals surface area contributed by atoms with Crippen molar-refractivity contribution in [3.63, 3.8) is 0 Å². The second-order valence-electron chi connectivity index (χ2n) is 8.39. The number of amides is 1. The number of nitrogens with zero attached hydrogens (tertiary/aromatic N) is 4. The van der Waals surface area contributed by atoms with Crippen LogP contribution in [-0.2, 0) is 11.3 Å². The fourth-order valence-corrected chi connectivity index (χ4v) is 3.73. The lowest BCUT2D eigenvalue weighted by atomic mass is 10.1. The standard InChI is InChI=1S/C23H35N5O2/c1-4-5-6-7-19(3)24-21(29)16-27-12-14-28(15-13-27)17-22-25-23(26-30-22)20-10-8-18(2)9-11-20/h8-11,19H,4-7,12-17H2,1-3H3,(H,24,29). The summed E-state index contributed by atoms with van der Waals surface area (Å²) in [6.07, 6.45) is 4.68. The van der Waals surface area contributed by atoms with E-state index < -0.39 is 0 Å². The molecule has 7 heteroatoms. The number of piperazine rings is 1. The highest BCUT2D eigenvalue weighted by molar-refractivity contribution is 5.78. The summed E-state index contributed by atoms with van der Waals surface area (Å²) in [4.78, 5) is 21.3. The Labute approximate surface area is 179 Å². The van der Waals surface area contributed by atoms with Crippen LogP contribution in [0.25, 0.3) is 11.4 Å². The molecular weight excluding hydrogens is 378 g/mol. The van der Waals surface area contributed by atoms with Gasteiger partial charge in [0, 0.05) is 37.8 Å². The zero-order chi connectivity index (χ0) is 21.3. The van der Waals surface area contributed by atoms with Crippen LogP contribution >= 0.6 is 0 Å². The zero-order valence-electron chi connectivity index (χ0n) is 18.6. The van der Waals surface area contributed by atoms with E-state index >= 15 is 0 Å². The van der Waals surface area contributed by atoms with Crippen LogP contribution in [0.5, 0.6) is 0 Å². The van der Waals surface area contributed by atoms with Crippen molar-refractivity contribution >= 4 is 5.91 Å². The molecule has 1 aromatic carbocycles. The van der Waals surface area contributed by atoms with Crippen LogP contribution in [0.2, 0.25) is 0 Å². The minimum Gasteiger partial charge on any atom is -0.353 e. The van der Waals surface area contributed by atoms with Crippen molar-refractivity contribution in [2.24, 2.45) is 0 Å². The molecule has 0 radical (unpaired) electrons. The molecule has 0 bridgehead atoms. The van der Waals surface area contributed by atoms with Crippen molar-refractivity contribution in [2.75, 3.05) is 32.7 Å². The van der Waals surface area contributed by atoms with E-state index in [-0.39, 0.29) is 11.9 Å². The van der Waals surface area contributed by atoms with Gasteiger partial charge in [-0.05, 0) is 20.3 Å². The van der Waals surface area contributed by atoms with Gasteiger partial charge in [-0.15, -0.1) is 0 Å². The van der Waals surface area contributed by atoms with Crippen LogP contribution < -0.4 is 5.32 Å². The molecule has 164 valence electrons. The molecule has 1 aliphatic rings. The third-order valence-corrected chi connectivity index (χ3v) is 5.62. The Hall–Kier alpha value is -2.25. The Bertz CT molecular complexity index is 781. The smallest absolute Gasteiger partial charge is 0.241 e. The summed E-state index contributed by atoms with van der Waals surface area (Å²) >= 11 is 0. The predicted octanol–water partition coefficient (Wildman–Crippen LogP) is 3.25. The fourth-order valence-electron chi connectivity index (χ4n) is 3.73. The second-order valence-corrected chi connectivity index (χ2v) is 8.39. The molecule has 1 N–H and O–H groups in total. The molecule has 2 heterocycles. The van der Waals surface area contributed by atoms with Gasteiger partial charge in [-0.2, -0.15) is 4.98 Å². The Balaban J connectivity index is 1.38. The Kier molecular flexibility index (Phi) is 8.39. The van der Waals surface area contributed by atoms with Crippen LogP contribution in [0.1, 0.15) is 51.0 Å². The summed E-state index contributed by atoms with van der Waals surface area (Å²) in [5.74, 6) is 1.40. The number of aryl methyl sites for hydroxylation is 1. The second kappa shape index (κ2) is 11.2. The largest absolute Gasteiger partial charge is 0.353 e. The molecule has 3 rings (SSSR count). The van der Waals surface area contributed by atoms with Crippen molar-refractivity contribution in [3.05, 3.63) is 35.7 Å². The first-order chi connectivity index (χ1) is 14.5. The molecule has 1 aliphatic heterocycles. The average molecular weight is 414 g/mol. The molecule has 1 aromatic heterocycles. The number of carbonyl (C=O) groups excluding carboxylic acids is 1. The fraction of sp³-hybridized carbons (Fsp3) is 0.609. The summed E-state index contributed by atoms with van der Waals surface area (Å²) in [5.41, 5.74) is 2.18. The first-order valence-electron chi connectivity index (χ1n) is 11.2. The number of unbranched alkanes of at least 4 members (excludes halogenated alkanes) is 2. The minimum atomic E-state index is 0.132. The summed E-state index contributed by atoms with van der Waals surface area (Å²) in [6.45, 7) is 11.0. The van der Waals surface area contributed by atoms with Crippen LogP contribution in [-0.4, -0.2) is 64.6 Å². The van der Waals surface area contributed by atoms with Gasteiger partial charge in [0.25, 0.3) is 0 Å². The van der Waals surface area contributed by atoms with E-state index in [1.807, 2.05) is 24.3 Å². The molecular formula is C23H35N5O2. The lowest BCUT2D eigenvalue weighted by Crippen LogP contribution is -2.50. The van der Waals surface area contributed by atoms with E-state index in [1.165, 1.54) is 24.8 Å². The van der Waals surface area contributed by atoms with Crippen LogP contribution in [0.3, 0.4) is 0 Å². The van der Waals surface area contributed by atoms with Crippen molar-refractivity contribution in [2.45, 2.75) is 59.0 Å². The molecule has 0 aliphatic carbocycles. The highest BCUT2D eigenvalue weighted by atomic mass is 16.5. The maximum atomic E-state index is 12.3. The quantitative estimate of drug-likeness (QED) is 0.603. The predicted molar refractivity (Wildman–Crippen MR) is 118 cm³/mol. The van der Waals surface area contributed by atoms with Crippen molar-refractivity contribution in [1.82, 2.24) is 25.3 Å². The van der Waals surface area contributed by atoms with E-state index in [2.05, 4.69) is 46.0 Å². The molecule has 1 saturated heterocycles. The van der Waals surface area contributed by atoms with Gasteiger partial charge in [0.05, 0.1) is 13.1 Å². The maximum Gasteiger partial charge on any atom is 0.241 e. The summed E-state index contributed by atoms with van der Waals surface area (Å²) < 4.78 is 5.45. The molecule has 0 saturated carbocycles. The number of aromatic nitrogens is 2. The van der Waals surface area contributed by atoms with E-state index in [0.29, 0.717) is 24.8 Å². The lowest BCUT2D eigenvalue weighted by molar-refractivity contribution is -0.123. The molecule has 2 aromatic rings. The van der Waals surface area contributed by atoms with E-state index in [4.69, 9.17) is 4.52 Å². The van der Waals surface area contributed by atoms with E-state index in [9.17, 15) is 4.79 Å². The maximum absolute atomic E-state index is 12.3. The van der Waals surface area contributed by atoms with E-state index in [1.54, 1.807) is 0 Å². The first kappa shape index (κ1) is 22.4. The van der Waals surface area contributed by atoms with Gasteiger partial charge in [-0.3, -0.25) is 14.6 Å². The summed E-state index contributed by atoms with van der Waals surface area (Å²) in [5, 5.41) is 7.25. The SMILES string of the molecule is CCCCCC(C)NC(=O)CN1CCN(Cc2nc(-c3ccc(C)cc3)no2)CC1. The topological polar surface area (TPSA) is 74.5 Å². The van der Waals surface area contributed by atoms with Gasteiger partial charge in [0.2, 0.25) is 17.6 Å². The monoisotopic (exact) mass is 413 g/mol. The van der Waals surface area contributed by atoms with Crippen LogP contribution in [0, 0.1) is 6.92 Å². The Morgan fingerprint density at radius 2 is 1.83 bits per heavy atom. The van der Waals surface area contributed by atoms with Crippen molar-refractivity contribution < 1.29 is 9.32 Å². The Morgan fingerprint density at radius 1 is 1.13 bits per heavy atom. The highest BCUT2D eigenvalue weighted by Crippen LogP contribution is 2.17.